The number of aromatic nitrogens is 1. The second-order valence-electron chi connectivity index (χ2n) is 5.61. The topological polar surface area (TPSA) is 60.5 Å². The van der Waals surface area contributed by atoms with Gasteiger partial charge in [-0.2, -0.15) is 0 Å². The van der Waals surface area contributed by atoms with Crippen molar-refractivity contribution in [1.29, 1.82) is 0 Å². The average molecular weight is 312 g/mol. The molecule has 5 nitrogen and oxygen atoms in total. The van der Waals surface area contributed by atoms with Crippen molar-refractivity contribution < 1.29 is 14.3 Å². The van der Waals surface area contributed by atoms with Gasteiger partial charge in [0.1, 0.15) is 29.4 Å². The van der Waals surface area contributed by atoms with Crippen molar-refractivity contribution in [1.82, 2.24) is 4.98 Å². The van der Waals surface area contributed by atoms with Crippen molar-refractivity contribution in [3.8, 4) is 17.2 Å². The van der Waals surface area contributed by atoms with Gasteiger partial charge in [0.15, 0.2) is 0 Å². The summed E-state index contributed by atoms with van der Waals surface area (Å²) in [6.07, 6.45) is 3.63. The highest BCUT2D eigenvalue weighted by molar-refractivity contribution is 5.57. The van der Waals surface area contributed by atoms with E-state index >= 15 is 0 Å². The fourth-order valence-corrected chi connectivity index (χ4v) is 2.77. The van der Waals surface area contributed by atoms with E-state index in [-0.39, 0.29) is 0 Å². The van der Waals surface area contributed by atoms with Gasteiger partial charge in [-0.05, 0) is 30.7 Å². The van der Waals surface area contributed by atoms with Crippen LogP contribution in [0.25, 0.3) is 0 Å². The molecule has 0 saturated heterocycles. The second-order valence-corrected chi connectivity index (χ2v) is 5.61. The zero-order valence-corrected chi connectivity index (χ0v) is 13.3. The van der Waals surface area contributed by atoms with Gasteiger partial charge in [0.25, 0.3) is 0 Å². The van der Waals surface area contributed by atoms with Crippen LogP contribution in [0.1, 0.15) is 30.4 Å². The SMILES string of the molecule is CNc1nccc(Oc2ccc3c(c2)C(C)CO3)c1CCC=O. The zero-order valence-electron chi connectivity index (χ0n) is 13.3. The summed E-state index contributed by atoms with van der Waals surface area (Å²) in [5, 5.41) is 3.05. The van der Waals surface area contributed by atoms with Gasteiger partial charge in [-0.15, -0.1) is 0 Å². The molecule has 23 heavy (non-hydrogen) atoms. The maximum atomic E-state index is 10.7. The third-order valence-corrected chi connectivity index (χ3v) is 3.99. The number of benzene rings is 1. The quantitative estimate of drug-likeness (QED) is 0.827. The molecule has 0 spiro atoms. The van der Waals surface area contributed by atoms with Crippen LogP contribution in [0.15, 0.2) is 30.5 Å². The predicted octanol–water partition coefficient (Wildman–Crippen LogP) is 3.54. The highest BCUT2D eigenvalue weighted by Gasteiger charge is 2.21. The molecule has 0 aliphatic carbocycles. The first kappa shape index (κ1) is 15.3. The lowest BCUT2D eigenvalue weighted by molar-refractivity contribution is -0.107. The first-order valence-electron chi connectivity index (χ1n) is 7.76. The highest BCUT2D eigenvalue weighted by atomic mass is 16.5. The molecular formula is C18H20N2O3. The Bertz CT molecular complexity index is 715. The van der Waals surface area contributed by atoms with Crippen LogP contribution >= 0.6 is 0 Å². The first-order chi connectivity index (χ1) is 11.2. The predicted molar refractivity (Wildman–Crippen MR) is 88.6 cm³/mol. The molecule has 0 radical (unpaired) electrons. The van der Waals surface area contributed by atoms with Gasteiger partial charge in [0, 0.05) is 36.7 Å². The third-order valence-electron chi connectivity index (χ3n) is 3.99. The van der Waals surface area contributed by atoms with Crippen LogP contribution in [0.2, 0.25) is 0 Å². The van der Waals surface area contributed by atoms with Crippen LogP contribution in [0.5, 0.6) is 17.2 Å². The van der Waals surface area contributed by atoms with Gasteiger partial charge in [0.05, 0.1) is 6.61 Å². The molecule has 120 valence electrons. The maximum Gasteiger partial charge on any atom is 0.135 e. The first-order valence-corrected chi connectivity index (χ1v) is 7.76. The molecule has 1 atom stereocenters. The summed E-state index contributed by atoms with van der Waals surface area (Å²) in [5.74, 6) is 3.52. The Morgan fingerprint density at radius 2 is 2.30 bits per heavy atom. The third kappa shape index (κ3) is 3.13. The Morgan fingerprint density at radius 3 is 3.09 bits per heavy atom. The van der Waals surface area contributed by atoms with E-state index in [1.54, 1.807) is 6.20 Å². The standard InChI is InChI=1S/C18H20N2O3/c1-12-11-22-16-6-5-13(10-15(12)16)23-17-7-8-20-18(19-2)14(17)4-3-9-21/h5-10,12H,3-4,11H2,1-2H3,(H,19,20). The molecule has 2 aromatic rings. The fraction of sp³-hybridized carbons (Fsp3) is 0.333. The van der Waals surface area contributed by atoms with E-state index in [2.05, 4.69) is 17.2 Å². The van der Waals surface area contributed by atoms with Gasteiger partial charge >= 0.3 is 0 Å². The van der Waals surface area contributed by atoms with Crippen molar-refractivity contribution in [2.45, 2.75) is 25.7 Å². The molecule has 1 N–H and O–H groups in total. The van der Waals surface area contributed by atoms with Crippen LogP contribution in [0.4, 0.5) is 5.82 Å². The molecule has 0 fully saturated rings. The van der Waals surface area contributed by atoms with Gasteiger partial charge in [-0.1, -0.05) is 6.92 Å². The molecule has 1 aromatic heterocycles. The molecule has 1 aromatic carbocycles. The zero-order chi connectivity index (χ0) is 16.2. The smallest absolute Gasteiger partial charge is 0.135 e. The van der Waals surface area contributed by atoms with Gasteiger partial charge in [0.2, 0.25) is 0 Å². The van der Waals surface area contributed by atoms with E-state index < -0.39 is 0 Å². The lowest BCUT2D eigenvalue weighted by Crippen LogP contribution is -2.02. The van der Waals surface area contributed by atoms with Crippen LogP contribution in [-0.2, 0) is 11.2 Å². The van der Waals surface area contributed by atoms with Crippen molar-refractivity contribution >= 4 is 12.1 Å². The fourth-order valence-electron chi connectivity index (χ4n) is 2.77. The van der Waals surface area contributed by atoms with Crippen LogP contribution in [0.3, 0.4) is 0 Å². The lowest BCUT2D eigenvalue weighted by Gasteiger charge is -2.14. The summed E-state index contributed by atoms with van der Waals surface area (Å²) in [5.41, 5.74) is 2.08. The average Bonchev–Trinajstić information content (AvgIpc) is 2.94. The van der Waals surface area contributed by atoms with Gasteiger partial charge in [-0.25, -0.2) is 4.98 Å². The maximum absolute atomic E-state index is 10.7. The molecule has 1 unspecified atom stereocenters. The number of aldehydes is 1. The lowest BCUT2D eigenvalue weighted by atomic mass is 10.0. The van der Waals surface area contributed by atoms with Crippen molar-refractivity contribution in [2.75, 3.05) is 19.0 Å². The summed E-state index contributed by atoms with van der Waals surface area (Å²) in [7, 11) is 1.81. The number of nitrogens with zero attached hydrogens (tertiary/aromatic N) is 1. The summed E-state index contributed by atoms with van der Waals surface area (Å²) in [6.45, 7) is 2.85. The van der Waals surface area contributed by atoms with Crippen LogP contribution < -0.4 is 14.8 Å². The van der Waals surface area contributed by atoms with E-state index in [1.165, 1.54) is 5.56 Å². The summed E-state index contributed by atoms with van der Waals surface area (Å²) in [4.78, 5) is 15.0. The molecule has 5 heteroatoms. The Balaban J connectivity index is 1.90. The molecule has 1 aliphatic heterocycles. The number of hydrogen-bond acceptors (Lipinski definition) is 5. The van der Waals surface area contributed by atoms with E-state index in [0.717, 1.165) is 34.9 Å². The van der Waals surface area contributed by atoms with Crippen molar-refractivity contribution in [3.63, 3.8) is 0 Å². The van der Waals surface area contributed by atoms with E-state index in [4.69, 9.17) is 9.47 Å². The van der Waals surface area contributed by atoms with E-state index in [1.807, 2.05) is 31.3 Å². The Morgan fingerprint density at radius 1 is 1.43 bits per heavy atom. The number of hydrogen-bond donors (Lipinski definition) is 1. The minimum absolute atomic E-state index is 0.369. The van der Waals surface area contributed by atoms with E-state index in [0.29, 0.717) is 25.4 Å². The number of fused-ring (bicyclic) bond motifs is 1. The molecule has 0 bridgehead atoms. The number of carbonyl (C=O) groups is 1. The minimum atomic E-state index is 0.369. The Kier molecular flexibility index (Phi) is 4.46. The van der Waals surface area contributed by atoms with Gasteiger partial charge in [-0.3, -0.25) is 0 Å². The summed E-state index contributed by atoms with van der Waals surface area (Å²) < 4.78 is 11.7. The molecule has 0 saturated carbocycles. The molecule has 0 amide bonds. The minimum Gasteiger partial charge on any atom is -0.493 e. The number of nitrogens with one attached hydrogen (secondary N) is 1. The van der Waals surface area contributed by atoms with Crippen molar-refractivity contribution in [2.24, 2.45) is 0 Å². The summed E-state index contributed by atoms with van der Waals surface area (Å²) >= 11 is 0. The second kappa shape index (κ2) is 6.69. The monoisotopic (exact) mass is 312 g/mol. The Labute approximate surface area is 135 Å². The largest absolute Gasteiger partial charge is 0.493 e. The molecule has 3 rings (SSSR count). The van der Waals surface area contributed by atoms with E-state index in [9.17, 15) is 4.79 Å². The number of pyridine rings is 1. The highest BCUT2D eigenvalue weighted by Crippen LogP contribution is 2.38. The molecular weight excluding hydrogens is 292 g/mol. The number of rotatable bonds is 6. The van der Waals surface area contributed by atoms with Crippen LogP contribution in [-0.4, -0.2) is 24.9 Å². The number of anilines is 1. The number of carbonyl (C=O) groups excluding carboxylic acids is 1. The van der Waals surface area contributed by atoms with Crippen LogP contribution in [0, 0.1) is 0 Å². The molecule has 1 aliphatic rings. The molecule has 2 heterocycles. The summed E-state index contributed by atoms with van der Waals surface area (Å²) in [6, 6.07) is 7.70. The Hall–Kier alpha value is -2.56. The van der Waals surface area contributed by atoms with Crippen molar-refractivity contribution in [3.05, 3.63) is 41.6 Å². The number of ether oxygens (including phenoxy) is 2. The van der Waals surface area contributed by atoms with Gasteiger partial charge < -0.3 is 19.6 Å². The normalized spacial score (nSPS) is 15.7.